The zero-order chi connectivity index (χ0) is 28.4. The second kappa shape index (κ2) is 11.8. The molecule has 10 heteroatoms. The normalized spacial score (nSPS) is 20.9. The SMILES string of the molecule is Cc1cnc(Nc2ccc(N3CCCC(C(C)(N)C(C)N4CCOCC4)C3)c(F)c2)nc1-c1cnn(C(C)C)c1. The predicted octanol–water partition coefficient (Wildman–Crippen LogP) is 4.77. The molecule has 4 heterocycles. The predicted molar refractivity (Wildman–Crippen MR) is 157 cm³/mol. The first-order valence-electron chi connectivity index (χ1n) is 14.4. The zero-order valence-corrected chi connectivity index (χ0v) is 24.4. The number of benzene rings is 1. The fourth-order valence-corrected chi connectivity index (χ4v) is 5.91. The van der Waals surface area contributed by atoms with Crippen molar-refractivity contribution in [2.45, 2.75) is 65.1 Å². The average molecular weight is 551 g/mol. The monoisotopic (exact) mass is 550 g/mol. The van der Waals surface area contributed by atoms with E-state index in [4.69, 9.17) is 15.5 Å². The molecule has 0 bridgehead atoms. The molecule has 2 fully saturated rings. The van der Waals surface area contributed by atoms with Crippen molar-refractivity contribution in [2.24, 2.45) is 11.7 Å². The van der Waals surface area contributed by atoms with E-state index in [1.54, 1.807) is 6.20 Å². The van der Waals surface area contributed by atoms with E-state index in [1.807, 2.05) is 36.1 Å². The Labute approximate surface area is 236 Å². The lowest BCUT2D eigenvalue weighted by atomic mass is 9.75. The molecule has 3 aromatic rings. The van der Waals surface area contributed by atoms with Gasteiger partial charge >= 0.3 is 0 Å². The Morgan fingerprint density at radius 3 is 2.62 bits per heavy atom. The second-order valence-electron chi connectivity index (χ2n) is 11.8. The third-order valence-electron chi connectivity index (χ3n) is 8.71. The number of nitrogens with zero attached hydrogens (tertiary/aromatic N) is 6. The van der Waals surface area contributed by atoms with Gasteiger partial charge < -0.3 is 20.7 Å². The van der Waals surface area contributed by atoms with Crippen molar-refractivity contribution in [3.05, 3.63) is 48.2 Å². The van der Waals surface area contributed by atoms with Gasteiger partial charge in [0, 0.05) is 67.4 Å². The van der Waals surface area contributed by atoms with Crippen LogP contribution in [-0.2, 0) is 4.74 Å². The number of aromatic nitrogens is 4. The largest absolute Gasteiger partial charge is 0.379 e. The molecule has 2 saturated heterocycles. The molecule has 0 aliphatic carbocycles. The quantitative estimate of drug-likeness (QED) is 0.414. The second-order valence-corrected chi connectivity index (χ2v) is 11.8. The molecule has 9 nitrogen and oxygen atoms in total. The van der Waals surface area contributed by atoms with Gasteiger partial charge in [-0.05, 0) is 77.1 Å². The standard InChI is InChI=1S/C30H43FN8O/c1-20(2)39-18-23(17-34-39)28-21(3)16-33-29(36-28)35-25-8-9-27(26(31)15-25)38-10-6-7-24(19-38)30(5,32)22(4)37-11-13-40-14-12-37/h8-9,15-18,20,22,24H,6-7,10-14,19,32H2,1-5H3,(H,33,35,36). The van der Waals surface area contributed by atoms with E-state index < -0.39 is 0 Å². The summed E-state index contributed by atoms with van der Waals surface area (Å²) >= 11 is 0. The summed E-state index contributed by atoms with van der Waals surface area (Å²) in [6.07, 6.45) is 7.60. The molecule has 5 rings (SSSR count). The molecule has 0 amide bonds. The van der Waals surface area contributed by atoms with Gasteiger partial charge in [-0.25, -0.2) is 14.4 Å². The Balaban J connectivity index is 1.28. The van der Waals surface area contributed by atoms with Crippen molar-refractivity contribution >= 4 is 17.3 Å². The maximum absolute atomic E-state index is 15.5. The number of aryl methyl sites for hydroxylation is 1. The molecule has 2 aliphatic heterocycles. The van der Waals surface area contributed by atoms with Crippen LogP contribution in [0.4, 0.5) is 21.7 Å². The Morgan fingerprint density at radius 2 is 1.93 bits per heavy atom. The lowest BCUT2D eigenvalue weighted by Gasteiger charge is -2.49. The van der Waals surface area contributed by atoms with Gasteiger partial charge in [-0.3, -0.25) is 9.58 Å². The van der Waals surface area contributed by atoms with E-state index in [0.717, 1.165) is 69.1 Å². The summed E-state index contributed by atoms with van der Waals surface area (Å²) in [6.45, 7) is 15.4. The lowest BCUT2D eigenvalue weighted by molar-refractivity contribution is -0.00586. The van der Waals surface area contributed by atoms with Gasteiger partial charge in [0.15, 0.2) is 0 Å². The summed E-state index contributed by atoms with van der Waals surface area (Å²) in [7, 11) is 0. The lowest BCUT2D eigenvalue weighted by Crippen LogP contribution is -2.63. The van der Waals surface area contributed by atoms with E-state index >= 15 is 4.39 Å². The molecular weight excluding hydrogens is 507 g/mol. The molecule has 40 heavy (non-hydrogen) atoms. The van der Waals surface area contributed by atoms with Gasteiger partial charge in [-0.2, -0.15) is 5.10 Å². The molecule has 0 saturated carbocycles. The van der Waals surface area contributed by atoms with Crippen LogP contribution in [-0.4, -0.2) is 75.6 Å². The number of rotatable bonds is 8. The maximum Gasteiger partial charge on any atom is 0.227 e. The number of anilines is 3. The number of nitrogens with one attached hydrogen (secondary N) is 1. The van der Waals surface area contributed by atoms with E-state index in [0.29, 0.717) is 17.3 Å². The highest BCUT2D eigenvalue weighted by Crippen LogP contribution is 2.34. The Kier molecular flexibility index (Phi) is 8.39. The smallest absolute Gasteiger partial charge is 0.227 e. The number of hydrogen-bond acceptors (Lipinski definition) is 8. The summed E-state index contributed by atoms with van der Waals surface area (Å²) in [5.41, 5.74) is 10.5. The van der Waals surface area contributed by atoms with Gasteiger partial charge in [-0.1, -0.05) is 0 Å². The summed E-state index contributed by atoms with van der Waals surface area (Å²) in [5.74, 6) is 0.408. The first-order chi connectivity index (χ1) is 19.1. The van der Waals surface area contributed by atoms with Crippen molar-refractivity contribution in [3.63, 3.8) is 0 Å². The molecule has 2 aliphatic rings. The minimum atomic E-state index is -0.389. The molecule has 216 valence electrons. The van der Waals surface area contributed by atoms with E-state index in [-0.39, 0.29) is 29.4 Å². The van der Waals surface area contributed by atoms with E-state index in [1.165, 1.54) is 6.07 Å². The van der Waals surface area contributed by atoms with Gasteiger partial charge in [0.25, 0.3) is 0 Å². The molecule has 3 N–H and O–H groups in total. The van der Waals surface area contributed by atoms with Gasteiger partial charge in [0.1, 0.15) is 5.82 Å². The average Bonchev–Trinajstić information content (AvgIpc) is 3.45. The van der Waals surface area contributed by atoms with Crippen molar-refractivity contribution in [3.8, 4) is 11.3 Å². The van der Waals surface area contributed by atoms with Crippen LogP contribution in [0.3, 0.4) is 0 Å². The number of hydrogen-bond donors (Lipinski definition) is 2. The van der Waals surface area contributed by atoms with Crippen molar-refractivity contribution < 1.29 is 9.13 Å². The molecule has 2 aromatic heterocycles. The van der Waals surface area contributed by atoms with Crippen LogP contribution in [0.25, 0.3) is 11.3 Å². The fraction of sp³-hybridized carbons (Fsp3) is 0.567. The zero-order valence-electron chi connectivity index (χ0n) is 24.4. The topological polar surface area (TPSA) is 97.4 Å². The Hall–Kier alpha value is -3.08. The van der Waals surface area contributed by atoms with Crippen LogP contribution in [0.2, 0.25) is 0 Å². The van der Waals surface area contributed by atoms with E-state index in [2.05, 4.69) is 52.9 Å². The third kappa shape index (κ3) is 5.99. The summed E-state index contributed by atoms with van der Waals surface area (Å²) < 4.78 is 22.9. The van der Waals surface area contributed by atoms with Crippen LogP contribution >= 0.6 is 0 Å². The van der Waals surface area contributed by atoms with Gasteiger partial charge in [-0.15, -0.1) is 0 Å². The molecular formula is C30H43FN8O. The number of morpholine rings is 1. The highest BCUT2D eigenvalue weighted by molar-refractivity contribution is 5.65. The van der Waals surface area contributed by atoms with Crippen molar-refractivity contribution in [1.82, 2.24) is 24.6 Å². The molecule has 3 unspecified atom stereocenters. The van der Waals surface area contributed by atoms with Crippen molar-refractivity contribution in [2.75, 3.05) is 49.6 Å². The molecule has 0 spiro atoms. The number of ether oxygens (including phenoxy) is 1. The van der Waals surface area contributed by atoms with Gasteiger partial charge in [0.2, 0.25) is 5.95 Å². The first-order valence-corrected chi connectivity index (χ1v) is 14.4. The first kappa shape index (κ1) is 28.4. The molecule has 1 aromatic carbocycles. The number of halogens is 1. The summed E-state index contributed by atoms with van der Waals surface area (Å²) in [6, 6.07) is 5.74. The van der Waals surface area contributed by atoms with Crippen LogP contribution in [0.5, 0.6) is 0 Å². The molecule has 0 radical (unpaired) electrons. The third-order valence-corrected chi connectivity index (χ3v) is 8.71. The highest BCUT2D eigenvalue weighted by Gasteiger charge is 2.41. The number of piperidine rings is 1. The minimum Gasteiger partial charge on any atom is -0.379 e. The molecule has 3 atom stereocenters. The Morgan fingerprint density at radius 1 is 1.15 bits per heavy atom. The van der Waals surface area contributed by atoms with Crippen LogP contribution in [0.1, 0.15) is 52.1 Å². The Bertz CT molecular complexity index is 1300. The van der Waals surface area contributed by atoms with Crippen LogP contribution in [0.15, 0.2) is 36.8 Å². The maximum atomic E-state index is 15.5. The van der Waals surface area contributed by atoms with E-state index in [9.17, 15) is 0 Å². The minimum absolute atomic E-state index is 0.219. The summed E-state index contributed by atoms with van der Waals surface area (Å²) in [5, 5.41) is 7.61. The van der Waals surface area contributed by atoms with Gasteiger partial charge in [0.05, 0.1) is 30.8 Å². The number of nitrogens with two attached hydrogens (primary N) is 1. The van der Waals surface area contributed by atoms with Crippen LogP contribution < -0.4 is 16.0 Å². The highest BCUT2D eigenvalue weighted by atomic mass is 19.1. The van der Waals surface area contributed by atoms with Crippen LogP contribution in [0, 0.1) is 18.7 Å². The van der Waals surface area contributed by atoms with Crippen molar-refractivity contribution in [1.29, 1.82) is 0 Å². The fourth-order valence-electron chi connectivity index (χ4n) is 5.91. The summed E-state index contributed by atoms with van der Waals surface area (Å²) in [4.78, 5) is 13.7.